The van der Waals surface area contributed by atoms with Crippen molar-refractivity contribution in [3.63, 3.8) is 0 Å². The fraction of sp³-hybridized carbons (Fsp3) is 0.167. The van der Waals surface area contributed by atoms with Crippen LogP contribution in [0.25, 0.3) is 10.8 Å². The van der Waals surface area contributed by atoms with Gasteiger partial charge in [-0.05, 0) is 24.6 Å². The Hall–Kier alpha value is -3.62. The topological polar surface area (TPSA) is 98.1 Å². The summed E-state index contributed by atoms with van der Waals surface area (Å²) in [6.45, 7) is 2.66. The molecule has 34 heavy (non-hydrogen) atoms. The van der Waals surface area contributed by atoms with Gasteiger partial charge in [-0.25, -0.2) is 4.68 Å². The molecular formula is C24H19Cl2N5O3. The van der Waals surface area contributed by atoms with Gasteiger partial charge in [0.05, 0.1) is 28.5 Å². The van der Waals surface area contributed by atoms with Crippen LogP contribution in [-0.4, -0.2) is 33.2 Å². The molecule has 2 N–H and O–H groups in total. The van der Waals surface area contributed by atoms with Gasteiger partial charge in [0.25, 0.3) is 11.8 Å². The number of aromatic nitrogens is 3. The lowest BCUT2D eigenvalue weighted by molar-refractivity contribution is -0.121. The van der Waals surface area contributed by atoms with Crippen molar-refractivity contribution in [1.29, 1.82) is 0 Å². The maximum absolute atomic E-state index is 13.7. The average Bonchev–Trinajstić information content (AvgIpc) is 3.44. The maximum atomic E-state index is 13.7. The summed E-state index contributed by atoms with van der Waals surface area (Å²) in [5.41, 5.74) is -0.417. The van der Waals surface area contributed by atoms with Crippen molar-refractivity contribution in [2.24, 2.45) is 0 Å². The number of benzene rings is 2. The smallest absolute Gasteiger partial charge is 0.273 e. The molecule has 1 unspecified atom stereocenters. The molecule has 2 aromatic carbocycles. The van der Waals surface area contributed by atoms with Crippen LogP contribution in [0.1, 0.15) is 23.0 Å². The Kier molecular flexibility index (Phi) is 5.63. The van der Waals surface area contributed by atoms with Crippen molar-refractivity contribution in [3.8, 4) is 5.88 Å². The van der Waals surface area contributed by atoms with Crippen LogP contribution >= 0.6 is 23.2 Å². The number of hydrogen-bond acceptors (Lipinski definition) is 5. The summed E-state index contributed by atoms with van der Waals surface area (Å²) >= 11 is 12.3. The van der Waals surface area contributed by atoms with Crippen LogP contribution in [0.4, 0.5) is 5.69 Å². The van der Waals surface area contributed by atoms with Gasteiger partial charge in [0, 0.05) is 23.0 Å². The first-order valence-electron chi connectivity index (χ1n) is 10.5. The summed E-state index contributed by atoms with van der Waals surface area (Å²) < 4.78 is 7.05. The third-order valence-electron chi connectivity index (χ3n) is 5.76. The molecule has 5 rings (SSSR count). The average molecular weight is 496 g/mol. The molecule has 3 heterocycles. The molecule has 4 aromatic rings. The maximum Gasteiger partial charge on any atom is 0.273 e. The summed E-state index contributed by atoms with van der Waals surface area (Å²) in [5, 5.41) is 12.3. The highest BCUT2D eigenvalue weighted by atomic mass is 35.5. The molecule has 1 atom stereocenters. The quantitative estimate of drug-likeness (QED) is 0.427. The molecule has 2 amide bonds. The number of ether oxygens (including phenoxy) is 1. The van der Waals surface area contributed by atoms with Gasteiger partial charge in [-0.1, -0.05) is 53.5 Å². The van der Waals surface area contributed by atoms with Crippen molar-refractivity contribution in [1.82, 2.24) is 20.1 Å². The Morgan fingerprint density at radius 1 is 1.09 bits per heavy atom. The number of carbonyl (C=O) groups is 2. The SMILES string of the molecule is CC(NC(=O)c1cc2n(n1)CCO2)(C(=O)Nc1cncc2ccccc12)c1ccc(Cl)c(Cl)c1. The van der Waals surface area contributed by atoms with Crippen LogP contribution in [0, 0.1) is 0 Å². The van der Waals surface area contributed by atoms with Crippen LogP contribution in [0.5, 0.6) is 5.88 Å². The van der Waals surface area contributed by atoms with E-state index in [0.29, 0.717) is 35.3 Å². The molecule has 0 saturated heterocycles. The number of rotatable bonds is 5. The van der Waals surface area contributed by atoms with E-state index >= 15 is 0 Å². The van der Waals surface area contributed by atoms with E-state index in [0.717, 1.165) is 10.8 Å². The van der Waals surface area contributed by atoms with Crippen molar-refractivity contribution >= 4 is 51.5 Å². The molecule has 172 valence electrons. The predicted molar refractivity (Wildman–Crippen MR) is 129 cm³/mol. The van der Waals surface area contributed by atoms with Gasteiger partial charge in [-0.15, -0.1) is 0 Å². The normalized spacial score (nSPS) is 14.2. The van der Waals surface area contributed by atoms with Crippen molar-refractivity contribution in [3.05, 3.63) is 82.2 Å². The zero-order valence-corrected chi connectivity index (χ0v) is 19.5. The second kappa shape index (κ2) is 8.62. The summed E-state index contributed by atoms with van der Waals surface area (Å²) in [5.74, 6) is -0.515. The monoisotopic (exact) mass is 495 g/mol. The standard InChI is InChI=1S/C24H19Cl2N5O3/c1-24(15-6-7-17(25)18(26)10-15,29-22(32)19-11-21-31(30-19)8-9-34-21)23(33)28-20-13-27-12-14-4-2-3-5-16(14)20/h2-7,10-13H,8-9H2,1H3,(H,28,33)(H,29,32). The summed E-state index contributed by atoms with van der Waals surface area (Å²) in [6, 6.07) is 13.9. The number of nitrogens with zero attached hydrogens (tertiary/aromatic N) is 3. The van der Waals surface area contributed by atoms with Crippen LogP contribution in [-0.2, 0) is 16.9 Å². The molecule has 0 spiro atoms. The van der Waals surface area contributed by atoms with E-state index < -0.39 is 17.4 Å². The first-order chi connectivity index (χ1) is 16.3. The molecule has 0 fully saturated rings. The summed E-state index contributed by atoms with van der Waals surface area (Å²) in [6.07, 6.45) is 3.28. The van der Waals surface area contributed by atoms with Crippen LogP contribution in [0.15, 0.2) is 60.9 Å². The zero-order valence-electron chi connectivity index (χ0n) is 18.0. The number of halogens is 2. The van der Waals surface area contributed by atoms with Gasteiger partial charge in [0.15, 0.2) is 5.69 Å². The van der Waals surface area contributed by atoms with Gasteiger partial charge in [-0.3, -0.25) is 14.6 Å². The van der Waals surface area contributed by atoms with Crippen molar-refractivity contribution in [2.45, 2.75) is 19.0 Å². The molecule has 0 aliphatic carbocycles. The number of carbonyl (C=O) groups excluding carboxylic acids is 2. The molecule has 1 aliphatic heterocycles. The lowest BCUT2D eigenvalue weighted by Crippen LogP contribution is -2.52. The van der Waals surface area contributed by atoms with Gasteiger partial charge in [0.1, 0.15) is 12.1 Å². The minimum absolute atomic E-state index is 0.139. The number of anilines is 1. The van der Waals surface area contributed by atoms with E-state index in [4.69, 9.17) is 27.9 Å². The first-order valence-corrected chi connectivity index (χ1v) is 11.2. The van der Waals surface area contributed by atoms with E-state index in [1.54, 1.807) is 48.3 Å². The Labute approximate surface area is 204 Å². The largest absolute Gasteiger partial charge is 0.476 e. The highest BCUT2D eigenvalue weighted by molar-refractivity contribution is 6.42. The second-order valence-corrected chi connectivity index (χ2v) is 8.82. The number of nitrogens with one attached hydrogen (secondary N) is 2. The fourth-order valence-corrected chi connectivity index (χ4v) is 4.14. The van der Waals surface area contributed by atoms with Crippen molar-refractivity contribution in [2.75, 3.05) is 11.9 Å². The van der Waals surface area contributed by atoms with Gasteiger partial charge < -0.3 is 15.4 Å². The molecule has 2 aromatic heterocycles. The Balaban J connectivity index is 1.52. The minimum atomic E-state index is -1.52. The number of pyridine rings is 1. The van der Waals surface area contributed by atoms with E-state index in [1.165, 1.54) is 0 Å². The summed E-state index contributed by atoms with van der Waals surface area (Å²) in [4.78, 5) is 31.1. The van der Waals surface area contributed by atoms with E-state index in [9.17, 15) is 9.59 Å². The van der Waals surface area contributed by atoms with E-state index in [-0.39, 0.29) is 10.7 Å². The summed E-state index contributed by atoms with van der Waals surface area (Å²) in [7, 11) is 0. The molecule has 10 heteroatoms. The van der Waals surface area contributed by atoms with Crippen molar-refractivity contribution < 1.29 is 14.3 Å². The Morgan fingerprint density at radius 3 is 2.71 bits per heavy atom. The molecule has 8 nitrogen and oxygen atoms in total. The number of hydrogen-bond donors (Lipinski definition) is 2. The first kappa shape index (κ1) is 22.2. The lowest BCUT2D eigenvalue weighted by Gasteiger charge is -2.30. The minimum Gasteiger partial charge on any atom is -0.476 e. The molecule has 1 aliphatic rings. The van der Waals surface area contributed by atoms with Gasteiger partial charge in [-0.2, -0.15) is 5.10 Å². The third-order valence-corrected chi connectivity index (χ3v) is 6.50. The zero-order chi connectivity index (χ0) is 23.9. The fourth-order valence-electron chi connectivity index (χ4n) is 3.85. The number of amides is 2. The number of fused-ring (bicyclic) bond motifs is 2. The van der Waals surface area contributed by atoms with E-state index in [1.807, 2.05) is 24.3 Å². The molecule has 0 radical (unpaired) electrons. The third kappa shape index (κ3) is 3.95. The molecular weight excluding hydrogens is 477 g/mol. The molecule has 0 bridgehead atoms. The molecule has 0 saturated carbocycles. The second-order valence-electron chi connectivity index (χ2n) is 8.01. The van der Waals surface area contributed by atoms with Gasteiger partial charge >= 0.3 is 0 Å². The predicted octanol–water partition coefficient (Wildman–Crippen LogP) is 4.41. The highest BCUT2D eigenvalue weighted by Gasteiger charge is 2.39. The lowest BCUT2D eigenvalue weighted by atomic mass is 9.90. The Morgan fingerprint density at radius 2 is 1.91 bits per heavy atom. The van der Waals surface area contributed by atoms with Crippen LogP contribution < -0.4 is 15.4 Å². The van der Waals surface area contributed by atoms with Crippen LogP contribution in [0.2, 0.25) is 10.0 Å². The highest BCUT2D eigenvalue weighted by Crippen LogP contribution is 2.31. The Bertz CT molecular complexity index is 1410. The van der Waals surface area contributed by atoms with Gasteiger partial charge in [0.2, 0.25) is 5.88 Å². The van der Waals surface area contributed by atoms with E-state index in [2.05, 4.69) is 20.7 Å². The van der Waals surface area contributed by atoms with Crippen LogP contribution in [0.3, 0.4) is 0 Å².